The highest BCUT2D eigenvalue weighted by molar-refractivity contribution is 6.30. The molecule has 1 aliphatic rings. The molecular weight excluding hydrogens is 258 g/mol. The summed E-state index contributed by atoms with van der Waals surface area (Å²) in [6, 6.07) is 12.5. The molecule has 1 aliphatic heterocycles. The first-order chi connectivity index (χ1) is 9.17. The lowest BCUT2D eigenvalue weighted by Crippen LogP contribution is -2.07. The number of hydrogen-bond acceptors (Lipinski definition) is 2. The molecule has 1 unspecified atom stereocenters. The van der Waals surface area contributed by atoms with Gasteiger partial charge in [-0.25, -0.2) is 0 Å². The van der Waals surface area contributed by atoms with E-state index in [0.29, 0.717) is 0 Å². The number of aryl methyl sites for hydroxylation is 1. The van der Waals surface area contributed by atoms with E-state index in [1.165, 1.54) is 16.7 Å². The van der Waals surface area contributed by atoms with E-state index in [1.54, 1.807) is 7.11 Å². The standard InChI is InChI=1S/C16H16ClNO/c1-10-3-6-16(19-2)13(7-10)15-9-11-8-12(17)4-5-14(11)18-15/h3-8,15,18H,9H2,1-2H3. The number of benzene rings is 2. The first kappa shape index (κ1) is 12.4. The second-order valence-electron chi connectivity index (χ2n) is 4.95. The molecule has 0 radical (unpaired) electrons. The molecule has 0 amide bonds. The molecule has 0 aromatic heterocycles. The van der Waals surface area contributed by atoms with Gasteiger partial charge in [-0.3, -0.25) is 0 Å². The highest BCUT2D eigenvalue weighted by atomic mass is 35.5. The molecule has 2 nitrogen and oxygen atoms in total. The molecule has 0 saturated carbocycles. The van der Waals surface area contributed by atoms with Crippen molar-refractivity contribution >= 4 is 17.3 Å². The van der Waals surface area contributed by atoms with E-state index in [9.17, 15) is 0 Å². The third kappa shape index (κ3) is 2.28. The Balaban J connectivity index is 1.96. The van der Waals surface area contributed by atoms with Crippen LogP contribution in [0.1, 0.15) is 22.7 Å². The lowest BCUT2D eigenvalue weighted by Gasteiger charge is -2.16. The van der Waals surface area contributed by atoms with Crippen LogP contribution in [0, 0.1) is 6.92 Å². The Morgan fingerprint density at radius 3 is 2.84 bits per heavy atom. The van der Waals surface area contributed by atoms with Gasteiger partial charge in [0.05, 0.1) is 13.2 Å². The van der Waals surface area contributed by atoms with E-state index < -0.39 is 0 Å². The number of fused-ring (bicyclic) bond motifs is 1. The summed E-state index contributed by atoms with van der Waals surface area (Å²) in [6.07, 6.45) is 0.940. The Labute approximate surface area is 118 Å². The average molecular weight is 274 g/mol. The van der Waals surface area contributed by atoms with Gasteiger partial charge in [0.25, 0.3) is 0 Å². The highest BCUT2D eigenvalue weighted by Gasteiger charge is 2.24. The van der Waals surface area contributed by atoms with Crippen molar-refractivity contribution in [2.24, 2.45) is 0 Å². The summed E-state index contributed by atoms with van der Waals surface area (Å²) in [5, 5.41) is 4.33. The molecule has 1 heterocycles. The quantitative estimate of drug-likeness (QED) is 0.877. The van der Waals surface area contributed by atoms with E-state index in [4.69, 9.17) is 16.3 Å². The molecule has 2 aromatic rings. The summed E-state index contributed by atoms with van der Waals surface area (Å²) in [5.41, 5.74) is 4.88. The molecule has 1 N–H and O–H groups in total. The van der Waals surface area contributed by atoms with Gasteiger partial charge in [0.2, 0.25) is 0 Å². The predicted molar refractivity (Wildman–Crippen MR) is 79.3 cm³/mol. The molecule has 0 aliphatic carbocycles. The number of halogens is 1. The van der Waals surface area contributed by atoms with E-state index in [1.807, 2.05) is 24.3 Å². The van der Waals surface area contributed by atoms with Crippen molar-refractivity contribution < 1.29 is 4.74 Å². The van der Waals surface area contributed by atoms with Crippen LogP contribution in [-0.2, 0) is 6.42 Å². The lowest BCUT2D eigenvalue weighted by molar-refractivity contribution is 0.407. The fourth-order valence-corrected chi connectivity index (χ4v) is 2.84. The number of nitrogens with one attached hydrogen (secondary N) is 1. The molecular formula is C16H16ClNO. The summed E-state index contributed by atoms with van der Waals surface area (Å²) in [5.74, 6) is 0.932. The molecule has 0 spiro atoms. The molecule has 3 rings (SSSR count). The second kappa shape index (κ2) is 4.78. The smallest absolute Gasteiger partial charge is 0.124 e. The van der Waals surface area contributed by atoms with E-state index in [-0.39, 0.29) is 6.04 Å². The fourth-order valence-electron chi connectivity index (χ4n) is 2.64. The highest BCUT2D eigenvalue weighted by Crippen LogP contribution is 2.38. The summed E-state index contributed by atoms with van der Waals surface area (Å²) in [4.78, 5) is 0. The van der Waals surface area contributed by atoms with Crippen LogP contribution >= 0.6 is 11.6 Å². The number of methoxy groups -OCH3 is 1. The van der Waals surface area contributed by atoms with Gasteiger partial charge in [-0.2, -0.15) is 0 Å². The SMILES string of the molecule is COc1ccc(C)cc1C1Cc2cc(Cl)ccc2N1. The number of hydrogen-bond donors (Lipinski definition) is 1. The first-order valence-corrected chi connectivity index (χ1v) is 6.74. The minimum atomic E-state index is 0.253. The van der Waals surface area contributed by atoms with Crippen LogP contribution in [-0.4, -0.2) is 7.11 Å². The average Bonchev–Trinajstić information content (AvgIpc) is 2.81. The predicted octanol–water partition coefficient (Wildman–Crippen LogP) is 4.37. The van der Waals surface area contributed by atoms with Gasteiger partial charge in [0.1, 0.15) is 5.75 Å². The Bertz CT molecular complexity index is 624. The zero-order valence-corrected chi connectivity index (χ0v) is 11.8. The summed E-state index contributed by atoms with van der Waals surface area (Å²) < 4.78 is 5.47. The van der Waals surface area contributed by atoms with Crippen molar-refractivity contribution in [3.63, 3.8) is 0 Å². The van der Waals surface area contributed by atoms with Crippen molar-refractivity contribution in [2.75, 3.05) is 12.4 Å². The van der Waals surface area contributed by atoms with Crippen molar-refractivity contribution in [2.45, 2.75) is 19.4 Å². The van der Waals surface area contributed by atoms with Crippen molar-refractivity contribution in [3.8, 4) is 5.75 Å². The Morgan fingerprint density at radius 2 is 2.05 bits per heavy atom. The van der Waals surface area contributed by atoms with Gasteiger partial charge in [-0.1, -0.05) is 29.3 Å². The largest absolute Gasteiger partial charge is 0.496 e. The maximum absolute atomic E-state index is 6.05. The number of ether oxygens (including phenoxy) is 1. The molecule has 19 heavy (non-hydrogen) atoms. The van der Waals surface area contributed by atoms with Crippen molar-refractivity contribution in [1.82, 2.24) is 0 Å². The molecule has 1 atom stereocenters. The van der Waals surface area contributed by atoms with Crippen LogP contribution in [0.15, 0.2) is 36.4 Å². The van der Waals surface area contributed by atoms with Gasteiger partial charge in [0.15, 0.2) is 0 Å². The second-order valence-corrected chi connectivity index (χ2v) is 5.38. The zero-order valence-electron chi connectivity index (χ0n) is 11.0. The summed E-state index contributed by atoms with van der Waals surface area (Å²) in [6.45, 7) is 2.10. The molecule has 0 saturated heterocycles. The Kier molecular flexibility index (Phi) is 3.11. The summed E-state index contributed by atoms with van der Waals surface area (Å²) in [7, 11) is 1.72. The minimum Gasteiger partial charge on any atom is -0.496 e. The monoisotopic (exact) mass is 273 g/mol. The molecule has 2 aromatic carbocycles. The van der Waals surface area contributed by atoms with Gasteiger partial charge in [0, 0.05) is 16.3 Å². The maximum Gasteiger partial charge on any atom is 0.124 e. The third-order valence-electron chi connectivity index (χ3n) is 3.58. The molecule has 0 bridgehead atoms. The van der Waals surface area contributed by atoms with Gasteiger partial charge in [-0.05, 0) is 43.2 Å². The van der Waals surface area contributed by atoms with Crippen LogP contribution in [0.5, 0.6) is 5.75 Å². The normalized spacial score (nSPS) is 16.9. The molecule has 3 heteroatoms. The van der Waals surface area contributed by atoms with Gasteiger partial charge >= 0.3 is 0 Å². The fraction of sp³-hybridized carbons (Fsp3) is 0.250. The van der Waals surface area contributed by atoms with Gasteiger partial charge in [-0.15, -0.1) is 0 Å². The maximum atomic E-state index is 6.05. The number of anilines is 1. The third-order valence-corrected chi connectivity index (χ3v) is 3.82. The topological polar surface area (TPSA) is 21.3 Å². The van der Waals surface area contributed by atoms with Crippen LogP contribution in [0.3, 0.4) is 0 Å². The lowest BCUT2D eigenvalue weighted by atomic mass is 10.00. The first-order valence-electron chi connectivity index (χ1n) is 6.37. The van der Waals surface area contributed by atoms with E-state index in [0.717, 1.165) is 22.9 Å². The van der Waals surface area contributed by atoms with Crippen LogP contribution < -0.4 is 10.1 Å². The zero-order chi connectivity index (χ0) is 13.4. The van der Waals surface area contributed by atoms with Crippen molar-refractivity contribution in [1.29, 1.82) is 0 Å². The minimum absolute atomic E-state index is 0.253. The van der Waals surface area contributed by atoms with Crippen molar-refractivity contribution in [3.05, 3.63) is 58.1 Å². The summed E-state index contributed by atoms with van der Waals surface area (Å²) >= 11 is 6.05. The number of rotatable bonds is 2. The van der Waals surface area contributed by atoms with Gasteiger partial charge < -0.3 is 10.1 Å². The molecule has 98 valence electrons. The molecule has 0 fully saturated rings. The van der Waals surface area contributed by atoms with Crippen LogP contribution in [0.25, 0.3) is 0 Å². The van der Waals surface area contributed by atoms with Crippen LogP contribution in [0.2, 0.25) is 5.02 Å². The Morgan fingerprint density at radius 1 is 1.21 bits per heavy atom. The van der Waals surface area contributed by atoms with E-state index in [2.05, 4.69) is 24.4 Å². The Hall–Kier alpha value is -1.67. The van der Waals surface area contributed by atoms with Crippen LogP contribution in [0.4, 0.5) is 5.69 Å². The van der Waals surface area contributed by atoms with E-state index >= 15 is 0 Å².